The Labute approximate surface area is 327 Å². The van der Waals surface area contributed by atoms with E-state index in [0.29, 0.717) is 18.5 Å². The number of ether oxygens (including phenoxy) is 2. The zero-order valence-corrected chi connectivity index (χ0v) is 36.0. The van der Waals surface area contributed by atoms with Crippen molar-refractivity contribution < 1.29 is 38.9 Å². The number of carbonyl (C=O) groups excluding carboxylic acids is 4. The molecule has 9 atom stereocenters. The second-order valence-corrected chi connectivity index (χ2v) is 14.9. The summed E-state index contributed by atoms with van der Waals surface area (Å²) in [4.78, 5) is 54.0. The van der Waals surface area contributed by atoms with Crippen molar-refractivity contribution in [2.75, 3.05) is 34.9 Å². The largest absolute Gasteiger partial charge is 0.390 e. The lowest BCUT2D eigenvalue weighted by atomic mass is 9.89. The van der Waals surface area contributed by atoms with E-state index in [-0.39, 0.29) is 66.4 Å². The Morgan fingerprint density at radius 1 is 1.07 bits per heavy atom. The number of hydrogen-bond donors (Lipinski definition) is 5. The minimum absolute atomic E-state index is 0.0404. The molecule has 54 heavy (non-hydrogen) atoms. The van der Waals surface area contributed by atoms with E-state index in [1.54, 1.807) is 70.9 Å². The Morgan fingerprint density at radius 2 is 1.65 bits per heavy atom. The van der Waals surface area contributed by atoms with Crippen molar-refractivity contribution in [3.63, 3.8) is 0 Å². The van der Waals surface area contributed by atoms with E-state index in [2.05, 4.69) is 23.8 Å². The third-order valence-electron chi connectivity index (χ3n) is 9.90. The molecule has 1 aliphatic rings. The molecule has 1 fully saturated rings. The highest BCUT2D eigenvalue weighted by atomic mass is 16.5. The zero-order valence-electron chi connectivity index (χ0n) is 36.0. The summed E-state index contributed by atoms with van der Waals surface area (Å²) in [7, 11) is 6.52. The molecule has 0 bridgehead atoms. The van der Waals surface area contributed by atoms with E-state index >= 15 is 0 Å². The van der Waals surface area contributed by atoms with Crippen LogP contribution in [0, 0.1) is 17.8 Å². The predicted octanol–water partition coefficient (Wildman–Crippen LogP) is 3.97. The number of nitrogens with two attached hydrogens (primary N) is 1. The van der Waals surface area contributed by atoms with Gasteiger partial charge in [0, 0.05) is 27.8 Å². The van der Waals surface area contributed by atoms with Crippen LogP contribution in [0.5, 0.6) is 0 Å². The van der Waals surface area contributed by atoms with E-state index in [1.165, 1.54) is 13.2 Å². The summed E-state index contributed by atoms with van der Waals surface area (Å²) in [6.45, 7) is 26.5. The monoisotopic (exact) mass is 768 g/mol. The van der Waals surface area contributed by atoms with Crippen LogP contribution < -0.4 is 16.4 Å². The van der Waals surface area contributed by atoms with Gasteiger partial charge in [-0.1, -0.05) is 86.3 Å². The van der Waals surface area contributed by atoms with Gasteiger partial charge in [-0.3, -0.25) is 19.2 Å². The summed E-state index contributed by atoms with van der Waals surface area (Å²) in [5.41, 5.74) is 4.43. The van der Waals surface area contributed by atoms with E-state index in [0.717, 1.165) is 12.8 Å². The molecule has 0 spiro atoms. The second-order valence-electron chi connectivity index (χ2n) is 14.9. The predicted molar refractivity (Wildman–Crippen MR) is 217 cm³/mol. The lowest BCUT2D eigenvalue weighted by molar-refractivity contribution is -0.147. The third-order valence-corrected chi connectivity index (χ3v) is 9.90. The topological polar surface area (TPSA) is 184 Å². The smallest absolute Gasteiger partial charge is 0.234 e. The summed E-state index contributed by atoms with van der Waals surface area (Å²) in [6, 6.07) is -1.47. The number of rotatable bonds is 21. The number of hydrogen-bond acceptors (Lipinski definition) is 9. The van der Waals surface area contributed by atoms with Crippen LogP contribution in [0.4, 0.5) is 0 Å². The van der Waals surface area contributed by atoms with Crippen molar-refractivity contribution in [2.45, 2.75) is 149 Å². The zero-order chi connectivity index (χ0) is 42.5. The van der Waals surface area contributed by atoms with Crippen LogP contribution in [0.15, 0.2) is 37.0 Å². The van der Waals surface area contributed by atoms with Gasteiger partial charge in [-0.2, -0.15) is 0 Å². The van der Waals surface area contributed by atoms with Gasteiger partial charge in [-0.05, 0) is 58.1 Å². The molecule has 0 aliphatic carbocycles. The number of primary amides is 1. The maximum Gasteiger partial charge on any atom is 0.234 e. The Bertz CT molecular complexity index is 1190. The van der Waals surface area contributed by atoms with Gasteiger partial charge in [0.25, 0.3) is 0 Å². The molecule has 6 N–H and O–H groups in total. The highest BCUT2D eigenvalue weighted by Crippen LogP contribution is 2.30. The minimum Gasteiger partial charge on any atom is -0.390 e. The van der Waals surface area contributed by atoms with Crippen LogP contribution >= 0.6 is 0 Å². The average Bonchev–Trinajstić information content (AvgIpc) is 3.60. The van der Waals surface area contributed by atoms with Crippen LogP contribution in [0.1, 0.15) is 101 Å². The summed E-state index contributed by atoms with van der Waals surface area (Å²) >= 11 is 0. The number of nitrogens with zero attached hydrogens (tertiary/aromatic N) is 2. The van der Waals surface area contributed by atoms with Crippen molar-refractivity contribution in [1.82, 2.24) is 20.4 Å². The first kappa shape index (κ1) is 53.0. The van der Waals surface area contributed by atoms with Gasteiger partial charge in [-0.25, -0.2) is 0 Å². The van der Waals surface area contributed by atoms with Crippen molar-refractivity contribution in [1.29, 1.82) is 0 Å². The Kier molecular flexibility index (Phi) is 26.2. The van der Waals surface area contributed by atoms with Crippen molar-refractivity contribution in [2.24, 2.45) is 23.5 Å². The molecular weight excluding hydrogens is 690 g/mol. The minimum atomic E-state index is -1.16. The number of likely N-dealkylation sites (tertiary alicyclic amines) is 1. The first-order chi connectivity index (χ1) is 25.2. The van der Waals surface area contributed by atoms with Crippen LogP contribution in [0.3, 0.4) is 0 Å². The number of methoxy groups -OCH3 is 2. The fraction of sp³-hybridized carbons (Fsp3) is 0.756. The molecule has 0 aromatic carbocycles. The molecular formula is C41H77N5O8. The highest BCUT2D eigenvalue weighted by molar-refractivity contribution is 5.81. The average molecular weight is 768 g/mol. The number of amides is 4. The Balaban J connectivity index is 0. The molecule has 13 heteroatoms. The highest BCUT2D eigenvalue weighted by Gasteiger charge is 2.42. The van der Waals surface area contributed by atoms with Crippen molar-refractivity contribution >= 4 is 23.6 Å². The second kappa shape index (κ2) is 26.7. The number of nitrogens with one attached hydrogen (secondary N) is 2. The lowest BCUT2D eigenvalue weighted by Gasteiger charge is -2.40. The Hall–Kier alpha value is -3.10. The summed E-state index contributed by atoms with van der Waals surface area (Å²) in [5, 5.41) is 26.6. The van der Waals surface area contributed by atoms with Crippen molar-refractivity contribution in [3.05, 3.63) is 37.0 Å². The standard InChI is InChI=1S/C33H57N3O7.C6H14N2O.C2H6/c1-12-16-24(14-3)30(39)23(6)34-32(40)22(5)31(43-11)25-17-15-18-36(25)27(37)19-26(42-10)29(21(4)13-2)35(9)28(38)20-33(7,8)41;1-4(2)5(8-3)6(7)9;1-2/h12,14,16,21-23,25-26,29-31,39,41H,1,3,13,15,17-20H2,2,4-11H3,(H,34,40);4-5,8H,1-3H3,(H2,7,9);1-2H3/b24-16+;;. The molecule has 0 aromatic heterocycles. The molecule has 314 valence electrons. The summed E-state index contributed by atoms with van der Waals surface area (Å²) in [5.74, 6) is -1.22. The van der Waals surface area contributed by atoms with Gasteiger partial charge >= 0.3 is 0 Å². The fourth-order valence-corrected chi connectivity index (χ4v) is 6.77. The molecule has 0 radical (unpaired) electrons. The van der Waals surface area contributed by atoms with Crippen LogP contribution in [0.2, 0.25) is 0 Å². The molecule has 1 heterocycles. The quantitative estimate of drug-likeness (QED) is 0.108. The number of aliphatic hydroxyl groups excluding tert-OH is 1. The first-order valence-corrected chi connectivity index (χ1v) is 19.4. The number of allylic oxidation sites excluding steroid dienone is 2. The molecule has 1 rings (SSSR count). The Morgan fingerprint density at radius 3 is 2.04 bits per heavy atom. The molecule has 9 unspecified atom stereocenters. The molecule has 0 saturated carbocycles. The van der Waals surface area contributed by atoms with E-state index in [1.807, 2.05) is 41.5 Å². The number of aliphatic hydroxyl groups is 2. The lowest BCUT2D eigenvalue weighted by Crippen LogP contribution is -2.54. The third kappa shape index (κ3) is 17.1. The molecule has 13 nitrogen and oxygen atoms in total. The molecule has 1 aliphatic heterocycles. The van der Waals surface area contributed by atoms with Gasteiger partial charge in [0.2, 0.25) is 23.6 Å². The van der Waals surface area contributed by atoms with Gasteiger partial charge in [0.1, 0.15) is 0 Å². The van der Waals surface area contributed by atoms with Gasteiger partial charge in [0.15, 0.2) is 0 Å². The van der Waals surface area contributed by atoms with Crippen LogP contribution in [-0.2, 0) is 28.7 Å². The molecule has 1 saturated heterocycles. The number of likely N-dealkylation sites (N-methyl/N-ethyl adjacent to an activating group) is 2. The van der Waals surface area contributed by atoms with Gasteiger partial charge < -0.3 is 45.9 Å². The maximum atomic E-state index is 13.8. The molecule has 0 aromatic rings. The summed E-state index contributed by atoms with van der Waals surface area (Å²) < 4.78 is 11.7. The SMILES string of the molecule is C=C/C=C(\C=C)C(O)C(C)NC(=O)C(C)C(OC)C1CCCN1C(=O)CC(OC)C(C(C)CC)N(C)C(=O)CC(C)(C)O.CC.CNC(C(N)=O)C(C)C. The van der Waals surface area contributed by atoms with E-state index in [9.17, 15) is 29.4 Å². The van der Waals surface area contributed by atoms with Gasteiger partial charge in [0.05, 0.1) is 66.8 Å². The fourth-order valence-electron chi connectivity index (χ4n) is 6.77. The van der Waals surface area contributed by atoms with E-state index in [4.69, 9.17) is 15.2 Å². The number of carbonyl (C=O) groups is 4. The maximum absolute atomic E-state index is 13.8. The van der Waals surface area contributed by atoms with Crippen LogP contribution in [-0.4, -0.2) is 127 Å². The first-order valence-electron chi connectivity index (χ1n) is 19.4. The normalized spacial score (nSPS) is 18.9. The summed E-state index contributed by atoms with van der Waals surface area (Å²) in [6.07, 6.45) is 4.86. The van der Waals surface area contributed by atoms with Crippen LogP contribution in [0.25, 0.3) is 0 Å². The molecule has 4 amide bonds. The van der Waals surface area contributed by atoms with Gasteiger partial charge in [-0.15, -0.1) is 0 Å². The van der Waals surface area contributed by atoms with Crippen molar-refractivity contribution in [3.8, 4) is 0 Å². The van der Waals surface area contributed by atoms with E-state index < -0.39 is 35.9 Å².